The quantitative estimate of drug-likeness (QED) is 0.653. The molecule has 1 aromatic heterocycles. The van der Waals surface area contributed by atoms with Crippen LogP contribution in [-0.2, 0) is 0 Å². The van der Waals surface area contributed by atoms with Gasteiger partial charge >= 0.3 is 0 Å². The van der Waals surface area contributed by atoms with Crippen molar-refractivity contribution >= 4 is 17.4 Å². The number of amides is 1. The van der Waals surface area contributed by atoms with Crippen molar-refractivity contribution in [3.8, 4) is 5.75 Å². The van der Waals surface area contributed by atoms with E-state index < -0.39 is 0 Å². The van der Waals surface area contributed by atoms with Gasteiger partial charge in [0.15, 0.2) is 11.5 Å². The molecule has 2 N–H and O–H groups in total. The molecule has 1 heterocycles. The van der Waals surface area contributed by atoms with Crippen molar-refractivity contribution in [2.24, 2.45) is 0 Å². The highest BCUT2D eigenvalue weighted by molar-refractivity contribution is 5.92. The third-order valence-corrected chi connectivity index (χ3v) is 4.53. The first-order chi connectivity index (χ1) is 13.6. The van der Waals surface area contributed by atoms with Crippen molar-refractivity contribution in [2.75, 3.05) is 11.9 Å². The zero-order valence-corrected chi connectivity index (χ0v) is 16.6. The lowest BCUT2D eigenvalue weighted by atomic mass is 9.97. The fourth-order valence-electron chi connectivity index (χ4n) is 3.14. The second-order valence-electron chi connectivity index (χ2n) is 7.21. The normalized spacial score (nSPS) is 13.8. The predicted octanol–water partition coefficient (Wildman–Crippen LogP) is 4.63. The summed E-state index contributed by atoms with van der Waals surface area (Å²) in [7, 11) is 0. The fourth-order valence-corrected chi connectivity index (χ4v) is 3.14. The van der Waals surface area contributed by atoms with Crippen molar-refractivity contribution in [3.05, 3.63) is 53.7 Å². The predicted molar refractivity (Wildman–Crippen MR) is 111 cm³/mol. The number of rotatable bonds is 8. The molecule has 0 radical (unpaired) electrons. The molecule has 0 aliphatic heterocycles. The van der Waals surface area contributed by atoms with Crippen LogP contribution in [0.3, 0.4) is 0 Å². The van der Waals surface area contributed by atoms with E-state index >= 15 is 0 Å². The molecule has 0 fully saturated rings. The third kappa shape index (κ3) is 5.81. The minimum Gasteiger partial charge on any atom is -0.489 e. The number of benzene rings is 1. The number of allylic oxidation sites excluding steroid dienone is 1. The average molecular weight is 380 g/mol. The molecule has 1 aliphatic carbocycles. The van der Waals surface area contributed by atoms with Crippen molar-refractivity contribution in [2.45, 2.75) is 52.1 Å². The van der Waals surface area contributed by atoms with Crippen LogP contribution in [0.25, 0.3) is 0 Å². The van der Waals surface area contributed by atoms with Gasteiger partial charge in [-0.25, -0.2) is 0 Å². The number of para-hydroxylation sites is 2. The number of aromatic nitrogens is 2. The van der Waals surface area contributed by atoms with Crippen LogP contribution in [0.5, 0.6) is 5.75 Å². The van der Waals surface area contributed by atoms with Crippen molar-refractivity contribution in [3.63, 3.8) is 0 Å². The van der Waals surface area contributed by atoms with Gasteiger partial charge in [-0.2, -0.15) is 0 Å². The molecule has 1 aliphatic rings. The Bertz CT molecular complexity index is 816. The van der Waals surface area contributed by atoms with Gasteiger partial charge in [0.25, 0.3) is 5.91 Å². The van der Waals surface area contributed by atoms with Crippen LogP contribution in [0.2, 0.25) is 0 Å². The molecule has 1 aromatic carbocycles. The minimum atomic E-state index is -0.195. The minimum absolute atomic E-state index is 0.0736. The van der Waals surface area contributed by atoms with Crippen molar-refractivity contribution < 1.29 is 9.53 Å². The Morgan fingerprint density at radius 2 is 2.00 bits per heavy atom. The lowest BCUT2D eigenvalue weighted by molar-refractivity contribution is 0.0948. The molecule has 0 saturated carbocycles. The lowest BCUT2D eigenvalue weighted by Crippen LogP contribution is -2.26. The Morgan fingerprint density at radius 3 is 2.71 bits per heavy atom. The largest absolute Gasteiger partial charge is 0.489 e. The zero-order chi connectivity index (χ0) is 19.8. The van der Waals surface area contributed by atoms with Crippen LogP contribution < -0.4 is 15.4 Å². The van der Waals surface area contributed by atoms with Crippen LogP contribution in [0.15, 0.2) is 48.0 Å². The molecule has 148 valence electrons. The van der Waals surface area contributed by atoms with Gasteiger partial charge in [-0.05, 0) is 70.2 Å². The molecule has 1 amide bonds. The highest BCUT2D eigenvalue weighted by Gasteiger charge is 2.10. The standard InChI is InChI=1S/C22H28N4O2/c1-16(2)28-20-11-7-6-10-18(20)24-21-13-12-19(25-26-21)22(27)23-15-14-17-8-4-3-5-9-17/h6-8,10-13,16H,3-5,9,14-15H2,1-2H3,(H,23,27)(H,24,26). The first kappa shape index (κ1) is 19.9. The summed E-state index contributed by atoms with van der Waals surface area (Å²) in [4.78, 5) is 12.3. The third-order valence-electron chi connectivity index (χ3n) is 4.53. The number of nitrogens with zero attached hydrogens (tertiary/aromatic N) is 2. The van der Waals surface area contributed by atoms with Crippen LogP contribution in [0.4, 0.5) is 11.5 Å². The van der Waals surface area contributed by atoms with E-state index in [1.165, 1.54) is 18.4 Å². The highest BCUT2D eigenvalue weighted by atomic mass is 16.5. The summed E-state index contributed by atoms with van der Waals surface area (Å²) in [6.07, 6.45) is 8.13. The molecule has 6 nitrogen and oxygen atoms in total. The Labute approximate surface area is 166 Å². The van der Waals surface area contributed by atoms with E-state index in [0.717, 1.165) is 30.7 Å². The van der Waals surface area contributed by atoms with Gasteiger partial charge < -0.3 is 15.4 Å². The van der Waals surface area contributed by atoms with Crippen molar-refractivity contribution in [1.29, 1.82) is 0 Å². The summed E-state index contributed by atoms with van der Waals surface area (Å²) in [5.74, 6) is 1.11. The summed E-state index contributed by atoms with van der Waals surface area (Å²) >= 11 is 0. The SMILES string of the molecule is CC(C)Oc1ccccc1Nc1ccc(C(=O)NCCC2=CCCCC2)nn1. The molecule has 0 spiro atoms. The van der Waals surface area contributed by atoms with Crippen LogP contribution in [0.1, 0.15) is 56.4 Å². The first-order valence-electron chi connectivity index (χ1n) is 9.94. The van der Waals surface area contributed by atoms with Gasteiger partial charge in [-0.1, -0.05) is 23.8 Å². The topological polar surface area (TPSA) is 76.1 Å². The number of anilines is 2. The van der Waals surface area contributed by atoms with Gasteiger partial charge in [0, 0.05) is 6.54 Å². The van der Waals surface area contributed by atoms with E-state index in [2.05, 4.69) is 26.9 Å². The van der Waals surface area contributed by atoms with E-state index in [1.54, 1.807) is 12.1 Å². The second kappa shape index (κ2) is 9.88. The van der Waals surface area contributed by atoms with E-state index in [-0.39, 0.29) is 12.0 Å². The molecule has 28 heavy (non-hydrogen) atoms. The molecule has 0 bridgehead atoms. The average Bonchev–Trinajstić information content (AvgIpc) is 2.70. The summed E-state index contributed by atoms with van der Waals surface area (Å²) < 4.78 is 5.79. The molecule has 6 heteroatoms. The van der Waals surface area contributed by atoms with E-state index in [1.807, 2.05) is 38.1 Å². The van der Waals surface area contributed by atoms with Gasteiger partial charge in [0.2, 0.25) is 0 Å². The van der Waals surface area contributed by atoms with Crippen LogP contribution in [0, 0.1) is 0 Å². The second-order valence-corrected chi connectivity index (χ2v) is 7.21. The summed E-state index contributed by atoms with van der Waals surface area (Å²) in [6, 6.07) is 11.1. The highest BCUT2D eigenvalue weighted by Crippen LogP contribution is 2.27. The van der Waals surface area contributed by atoms with Gasteiger partial charge in [0.1, 0.15) is 5.75 Å². The summed E-state index contributed by atoms with van der Waals surface area (Å²) in [5.41, 5.74) is 2.57. The van der Waals surface area contributed by atoms with Gasteiger partial charge in [-0.15, -0.1) is 10.2 Å². The van der Waals surface area contributed by atoms with E-state index in [9.17, 15) is 4.79 Å². The van der Waals surface area contributed by atoms with Crippen LogP contribution in [-0.4, -0.2) is 28.8 Å². The Balaban J connectivity index is 1.54. The Hall–Kier alpha value is -2.89. The number of hydrogen-bond acceptors (Lipinski definition) is 5. The number of ether oxygens (including phenoxy) is 1. The molecular weight excluding hydrogens is 352 g/mol. The maximum atomic E-state index is 12.3. The van der Waals surface area contributed by atoms with E-state index in [0.29, 0.717) is 18.1 Å². The molecule has 2 aromatic rings. The number of carbonyl (C=O) groups is 1. The number of hydrogen-bond donors (Lipinski definition) is 2. The molecule has 0 unspecified atom stereocenters. The number of nitrogens with one attached hydrogen (secondary N) is 2. The molecular formula is C22H28N4O2. The van der Waals surface area contributed by atoms with Crippen molar-refractivity contribution in [1.82, 2.24) is 15.5 Å². The first-order valence-corrected chi connectivity index (χ1v) is 9.94. The van der Waals surface area contributed by atoms with E-state index in [4.69, 9.17) is 4.74 Å². The zero-order valence-electron chi connectivity index (χ0n) is 16.6. The Morgan fingerprint density at radius 1 is 1.14 bits per heavy atom. The lowest BCUT2D eigenvalue weighted by Gasteiger charge is -2.15. The smallest absolute Gasteiger partial charge is 0.271 e. The van der Waals surface area contributed by atoms with Crippen LogP contribution >= 0.6 is 0 Å². The fraction of sp³-hybridized carbons (Fsp3) is 0.409. The maximum absolute atomic E-state index is 12.3. The summed E-state index contributed by atoms with van der Waals surface area (Å²) in [5, 5.41) is 14.3. The summed E-state index contributed by atoms with van der Waals surface area (Å²) in [6.45, 7) is 4.59. The maximum Gasteiger partial charge on any atom is 0.271 e. The molecule has 0 atom stereocenters. The monoisotopic (exact) mass is 380 g/mol. The Kier molecular flexibility index (Phi) is 7.00. The van der Waals surface area contributed by atoms with Gasteiger partial charge in [0.05, 0.1) is 11.8 Å². The molecule has 0 saturated heterocycles. The molecule has 3 rings (SSSR count). The van der Waals surface area contributed by atoms with Gasteiger partial charge in [-0.3, -0.25) is 4.79 Å². The number of carbonyl (C=O) groups excluding carboxylic acids is 1.